The summed E-state index contributed by atoms with van der Waals surface area (Å²) < 4.78 is 5.35. The van der Waals surface area contributed by atoms with E-state index in [0.717, 1.165) is 44.8 Å². The van der Waals surface area contributed by atoms with E-state index >= 15 is 0 Å². The molecular formula is C13H20N4O2. The number of hydrogen-bond donors (Lipinski definition) is 1. The van der Waals surface area contributed by atoms with Crippen molar-refractivity contribution in [3.63, 3.8) is 0 Å². The maximum Gasteiger partial charge on any atom is 0.267 e. The van der Waals surface area contributed by atoms with Crippen molar-refractivity contribution in [1.82, 2.24) is 9.97 Å². The third-order valence-electron chi connectivity index (χ3n) is 3.51. The quantitative estimate of drug-likeness (QED) is 0.851. The third-order valence-corrected chi connectivity index (χ3v) is 3.51. The molecule has 19 heavy (non-hydrogen) atoms. The summed E-state index contributed by atoms with van der Waals surface area (Å²) in [6.45, 7) is 2.64. The SMILES string of the molecule is CN(CCC1CCOCC1)c1cc(C(N)=O)ncn1. The number of primary amides is 1. The van der Waals surface area contributed by atoms with Crippen LogP contribution < -0.4 is 10.6 Å². The molecule has 0 aromatic carbocycles. The molecule has 1 aliphatic heterocycles. The van der Waals surface area contributed by atoms with Gasteiger partial charge in [0.05, 0.1) is 0 Å². The summed E-state index contributed by atoms with van der Waals surface area (Å²) in [5.74, 6) is 0.922. The number of nitrogens with zero attached hydrogens (tertiary/aromatic N) is 3. The van der Waals surface area contributed by atoms with Gasteiger partial charge in [-0.2, -0.15) is 0 Å². The van der Waals surface area contributed by atoms with Crippen LogP contribution in [0.1, 0.15) is 29.8 Å². The lowest BCUT2D eigenvalue weighted by atomic mass is 9.96. The molecule has 0 unspecified atom stereocenters. The fourth-order valence-electron chi connectivity index (χ4n) is 2.22. The zero-order valence-corrected chi connectivity index (χ0v) is 11.2. The molecule has 0 saturated carbocycles. The van der Waals surface area contributed by atoms with Gasteiger partial charge in [-0.25, -0.2) is 9.97 Å². The Hall–Kier alpha value is -1.69. The molecule has 0 atom stereocenters. The van der Waals surface area contributed by atoms with Crippen molar-refractivity contribution in [3.8, 4) is 0 Å². The second-order valence-corrected chi connectivity index (χ2v) is 4.89. The van der Waals surface area contributed by atoms with Gasteiger partial charge in [-0.1, -0.05) is 0 Å². The van der Waals surface area contributed by atoms with Crippen molar-refractivity contribution in [1.29, 1.82) is 0 Å². The van der Waals surface area contributed by atoms with Crippen LogP contribution in [0.2, 0.25) is 0 Å². The fraction of sp³-hybridized carbons (Fsp3) is 0.615. The second-order valence-electron chi connectivity index (χ2n) is 4.89. The van der Waals surface area contributed by atoms with Crippen LogP contribution in [0.3, 0.4) is 0 Å². The van der Waals surface area contributed by atoms with Crippen molar-refractivity contribution < 1.29 is 9.53 Å². The third kappa shape index (κ3) is 3.89. The highest BCUT2D eigenvalue weighted by molar-refractivity contribution is 5.91. The molecule has 1 aromatic heterocycles. The molecule has 6 nitrogen and oxygen atoms in total. The zero-order chi connectivity index (χ0) is 13.7. The van der Waals surface area contributed by atoms with Crippen LogP contribution >= 0.6 is 0 Å². The number of carbonyl (C=O) groups excluding carboxylic acids is 1. The van der Waals surface area contributed by atoms with Crippen molar-refractivity contribution in [2.75, 3.05) is 31.7 Å². The molecule has 1 fully saturated rings. The highest BCUT2D eigenvalue weighted by Gasteiger charge is 2.15. The first-order valence-electron chi connectivity index (χ1n) is 6.57. The van der Waals surface area contributed by atoms with E-state index in [1.54, 1.807) is 6.07 Å². The van der Waals surface area contributed by atoms with Gasteiger partial charge < -0.3 is 15.4 Å². The summed E-state index contributed by atoms with van der Waals surface area (Å²) in [5, 5.41) is 0. The van der Waals surface area contributed by atoms with Crippen molar-refractivity contribution in [2.24, 2.45) is 11.7 Å². The molecule has 1 amide bonds. The van der Waals surface area contributed by atoms with Crippen LogP contribution in [0.15, 0.2) is 12.4 Å². The number of nitrogens with two attached hydrogens (primary N) is 1. The van der Waals surface area contributed by atoms with E-state index < -0.39 is 5.91 Å². The number of ether oxygens (including phenoxy) is 1. The summed E-state index contributed by atoms with van der Waals surface area (Å²) in [5.41, 5.74) is 5.46. The Morgan fingerprint density at radius 1 is 1.47 bits per heavy atom. The van der Waals surface area contributed by atoms with Crippen LogP contribution in [-0.2, 0) is 4.74 Å². The molecule has 2 heterocycles. The maximum atomic E-state index is 11.1. The van der Waals surface area contributed by atoms with Crippen LogP contribution in [-0.4, -0.2) is 42.7 Å². The van der Waals surface area contributed by atoms with Gasteiger partial charge in [-0.15, -0.1) is 0 Å². The van der Waals surface area contributed by atoms with Crippen LogP contribution in [0.5, 0.6) is 0 Å². The number of rotatable bonds is 5. The van der Waals surface area contributed by atoms with Gasteiger partial charge in [0.1, 0.15) is 17.8 Å². The molecule has 104 valence electrons. The average Bonchev–Trinajstić information content (AvgIpc) is 2.46. The maximum absolute atomic E-state index is 11.1. The molecule has 1 aromatic rings. The largest absolute Gasteiger partial charge is 0.381 e. The molecule has 1 saturated heterocycles. The van der Waals surface area contributed by atoms with Gasteiger partial charge in [-0.05, 0) is 25.2 Å². The molecule has 0 radical (unpaired) electrons. The standard InChI is InChI=1S/C13H20N4O2/c1-17(5-2-10-3-6-19-7-4-10)12-8-11(13(14)18)15-9-16-12/h8-10H,2-7H2,1H3,(H2,14,18). The van der Waals surface area contributed by atoms with E-state index in [2.05, 4.69) is 9.97 Å². The zero-order valence-electron chi connectivity index (χ0n) is 11.2. The average molecular weight is 264 g/mol. The van der Waals surface area contributed by atoms with E-state index in [-0.39, 0.29) is 5.69 Å². The predicted octanol–water partition coefficient (Wildman–Crippen LogP) is 0.828. The Bertz CT molecular complexity index is 432. The molecule has 0 spiro atoms. The van der Waals surface area contributed by atoms with Gasteiger partial charge >= 0.3 is 0 Å². The predicted molar refractivity (Wildman–Crippen MR) is 72.0 cm³/mol. The Balaban J connectivity index is 1.89. The summed E-state index contributed by atoms with van der Waals surface area (Å²) >= 11 is 0. The number of carbonyl (C=O) groups is 1. The first-order valence-corrected chi connectivity index (χ1v) is 6.57. The van der Waals surface area contributed by atoms with Crippen LogP contribution in [0, 0.1) is 5.92 Å². The van der Waals surface area contributed by atoms with E-state index in [0.29, 0.717) is 5.92 Å². The Morgan fingerprint density at radius 3 is 2.89 bits per heavy atom. The van der Waals surface area contributed by atoms with Crippen molar-refractivity contribution >= 4 is 11.7 Å². The molecule has 2 rings (SSSR count). The molecule has 6 heteroatoms. The lowest BCUT2D eigenvalue weighted by Gasteiger charge is -2.25. The van der Waals surface area contributed by atoms with E-state index in [4.69, 9.17) is 10.5 Å². The summed E-state index contributed by atoms with van der Waals surface area (Å²) in [7, 11) is 1.96. The van der Waals surface area contributed by atoms with Gasteiger partial charge in [0.25, 0.3) is 5.91 Å². The molecule has 1 aliphatic rings. The van der Waals surface area contributed by atoms with E-state index in [1.807, 2.05) is 11.9 Å². The number of anilines is 1. The Morgan fingerprint density at radius 2 is 2.21 bits per heavy atom. The van der Waals surface area contributed by atoms with E-state index in [9.17, 15) is 4.79 Å². The normalized spacial score (nSPS) is 16.3. The highest BCUT2D eigenvalue weighted by atomic mass is 16.5. The van der Waals surface area contributed by atoms with Gasteiger partial charge in [0.15, 0.2) is 0 Å². The van der Waals surface area contributed by atoms with Crippen LogP contribution in [0.4, 0.5) is 5.82 Å². The molecular weight excluding hydrogens is 244 g/mol. The van der Waals surface area contributed by atoms with Crippen LogP contribution in [0.25, 0.3) is 0 Å². The topological polar surface area (TPSA) is 81.3 Å². The van der Waals surface area contributed by atoms with E-state index in [1.165, 1.54) is 6.33 Å². The fourth-order valence-corrected chi connectivity index (χ4v) is 2.22. The van der Waals surface area contributed by atoms with Crippen molar-refractivity contribution in [2.45, 2.75) is 19.3 Å². The first-order chi connectivity index (χ1) is 9.16. The lowest BCUT2D eigenvalue weighted by Crippen LogP contribution is -2.25. The summed E-state index contributed by atoms with van der Waals surface area (Å²) in [6, 6.07) is 1.63. The second kappa shape index (κ2) is 6.47. The highest BCUT2D eigenvalue weighted by Crippen LogP contribution is 2.19. The Kier molecular flexibility index (Phi) is 4.68. The van der Waals surface area contributed by atoms with Gasteiger partial charge in [0, 0.05) is 32.9 Å². The lowest BCUT2D eigenvalue weighted by molar-refractivity contribution is 0.0645. The monoisotopic (exact) mass is 264 g/mol. The summed E-state index contributed by atoms with van der Waals surface area (Å²) in [4.78, 5) is 21.1. The van der Waals surface area contributed by atoms with Crippen molar-refractivity contribution in [3.05, 3.63) is 18.1 Å². The molecule has 2 N–H and O–H groups in total. The number of hydrogen-bond acceptors (Lipinski definition) is 5. The Labute approximate surface area is 113 Å². The number of amides is 1. The number of aromatic nitrogens is 2. The molecule has 0 bridgehead atoms. The van der Waals surface area contributed by atoms with Gasteiger partial charge in [-0.3, -0.25) is 4.79 Å². The minimum atomic E-state index is -0.526. The first kappa shape index (κ1) is 13.7. The molecule has 0 aliphatic carbocycles. The smallest absolute Gasteiger partial charge is 0.267 e. The minimum Gasteiger partial charge on any atom is -0.381 e. The minimum absolute atomic E-state index is 0.253. The van der Waals surface area contributed by atoms with Gasteiger partial charge in [0.2, 0.25) is 0 Å². The summed E-state index contributed by atoms with van der Waals surface area (Å²) in [6.07, 6.45) is 4.74.